The Labute approximate surface area is 108 Å². The summed E-state index contributed by atoms with van der Waals surface area (Å²) in [6, 6.07) is 0. The minimum absolute atomic E-state index is 0.0692. The molecular formula is C8H13ClO4S3. The average molecular weight is 305 g/mol. The molecular weight excluding hydrogens is 292 g/mol. The highest BCUT2D eigenvalue weighted by atomic mass is 35.7. The first-order chi connectivity index (χ1) is 7.13. The first-order valence-corrected chi connectivity index (χ1v) is 9.24. The van der Waals surface area contributed by atoms with Gasteiger partial charge in [0.1, 0.15) is 3.74 Å². The zero-order valence-electron chi connectivity index (χ0n) is 9.31. The lowest BCUT2D eigenvalue weighted by atomic mass is 9.96. The van der Waals surface area contributed by atoms with Crippen LogP contribution >= 0.6 is 32.4 Å². The van der Waals surface area contributed by atoms with Crippen molar-refractivity contribution < 1.29 is 28.0 Å². The number of allylic oxidation sites excluding steroid dienone is 1. The summed E-state index contributed by atoms with van der Waals surface area (Å²) in [5.74, 6) is 0. The van der Waals surface area contributed by atoms with Crippen molar-refractivity contribution in [2.45, 2.75) is 20.8 Å². The zero-order chi connectivity index (χ0) is 12.6. The van der Waals surface area contributed by atoms with Crippen LogP contribution in [0.25, 0.3) is 0 Å². The highest BCUT2D eigenvalue weighted by Crippen LogP contribution is 2.53. The summed E-state index contributed by atoms with van der Waals surface area (Å²) in [4.78, 5) is 1.03. The van der Waals surface area contributed by atoms with Crippen molar-refractivity contribution >= 4 is 36.5 Å². The van der Waals surface area contributed by atoms with Crippen LogP contribution in [0.2, 0.25) is 0 Å². The fraction of sp³-hybridized carbons (Fsp3) is 0.625. The van der Waals surface area contributed by atoms with Crippen LogP contribution in [-0.4, -0.2) is 10.5 Å². The van der Waals surface area contributed by atoms with Crippen molar-refractivity contribution in [2.24, 2.45) is 5.41 Å². The predicted molar refractivity (Wildman–Crippen MR) is 62.3 cm³/mol. The van der Waals surface area contributed by atoms with E-state index in [0.717, 1.165) is 9.10 Å². The number of thioether (sulfide) groups is 1. The smallest absolute Gasteiger partial charge is 0.182 e. The van der Waals surface area contributed by atoms with E-state index in [1.54, 1.807) is 0 Å². The van der Waals surface area contributed by atoms with E-state index in [0.29, 0.717) is 0 Å². The Kier molecular flexibility index (Phi) is 4.82. The highest BCUT2D eigenvalue weighted by Gasteiger charge is 2.33. The van der Waals surface area contributed by atoms with E-state index >= 15 is 0 Å². The van der Waals surface area contributed by atoms with Gasteiger partial charge in [-0.25, -0.2) is 0 Å². The molecule has 8 heteroatoms. The van der Waals surface area contributed by atoms with E-state index in [4.69, 9.17) is 0 Å². The number of hydrogen-bond donors (Lipinski definition) is 0. The molecule has 1 heterocycles. The Hall–Kier alpha value is 0.790. The first-order valence-electron chi connectivity index (χ1n) is 4.30. The molecule has 1 unspecified atom stereocenters. The predicted octanol–water partition coefficient (Wildman–Crippen LogP) is 0.169. The molecule has 0 aliphatic carbocycles. The molecule has 1 rings (SSSR count). The molecule has 0 aromatic carbocycles. The van der Waals surface area contributed by atoms with Gasteiger partial charge in [0.25, 0.3) is 0 Å². The summed E-state index contributed by atoms with van der Waals surface area (Å²) in [6.45, 7) is 6.08. The molecule has 0 amide bonds. The summed E-state index contributed by atoms with van der Waals surface area (Å²) >= 11 is 1.40. The maximum Gasteiger partial charge on any atom is 0.185 e. The van der Waals surface area contributed by atoms with Crippen molar-refractivity contribution in [3.05, 3.63) is 11.0 Å². The minimum atomic E-state index is -4.37. The lowest BCUT2D eigenvalue weighted by Crippen LogP contribution is -2.60. The van der Waals surface area contributed by atoms with Crippen LogP contribution in [0.1, 0.15) is 20.8 Å². The Bertz CT molecular complexity index is 340. The van der Waals surface area contributed by atoms with Crippen LogP contribution in [0, 0.1) is 15.7 Å². The van der Waals surface area contributed by atoms with Crippen molar-refractivity contribution in [1.82, 2.24) is 0 Å². The lowest BCUT2D eigenvalue weighted by molar-refractivity contribution is -1.91. The second-order valence-electron chi connectivity index (χ2n) is 4.04. The van der Waals surface area contributed by atoms with Gasteiger partial charge in [-0.1, -0.05) is 20.8 Å². The largest absolute Gasteiger partial charge is 0.185 e. The fourth-order valence-electron chi connectivity index (χ4n) is 0.884. The van der Waals surface area contributed by atoms with Gasteiger partial charge < -0.3 is 0 Å². The van der Waals surface area contributed by atoms with Crippen LogP contribution in [0.15, 0.2) is 11.0 Å². The van der Waals surface area contributed by atoms with Crippen LogP contribution in [0.4, 0.5) is 0 Å². The second-order valence-corrected chi connectivity index (χ2v) is 9.33. The van der Waals surface area contributed by atoms with E-state index in [9.17, 15) is 14.0 Å². The summed E-state index contributed by atoms with van der Waals surface area (Å²) in [5, 5.41) is 0. The summed E-state index contributed by atoms with van der Waals surface area (Å²) in [6.07, 6.45) is 3.73. The maximum absolute atomic E-state index is 10.5. The molecule has 94 valence electrons. The standard InChI is InChI=1S/C8H13ClO4S3/c1-8(2,3)6-5-7(14-4)16(15-6)13-9(10,11)12/h5H,1-4H3. The Morgan fingerprint density at radius 2 is 1.94 bits per heavy atom. The molecule has 0 aromatic rings. The van der Waals surface area contributed by atoms with Gasteiger partial charge in [0.05, 0.1) is 14.4 Å². The van der Waals surface area contributed by atoms with Gasteiger partial charge in [-0.05, 0) is 28.5 Å². The van der Waals surface area contributed by atoms with Gasteiger partial charge in [0, 0.05) is 4.91 Å². The highest BCUT2D eigenvalue weighted by molar-refractivity contribution is 8.86. The summed E-state index contributed by atoms with van der Waals surface area (Å²) < 4.78 is 36.9. The molecule has 4 nitrogen and oxygen atoms in total. The van der Waals surface area contributed by atoms with Gasteiger partial charge in [0.2, 0.25) is 0 Å². The Balaban J connectivity index is 2.84. The Morgan fingerprint density at radius 3 is 2.31 bits per heavy atom. The molecule has 1 aliphatic heterocycles. The first kappa shape index (κ1) is 14.8. The molecule has 1 atom stereocenters. The number of halogens is 1. The third kappa shape index (κ3) is 4.23. The van der Waals surface area contributed by atoms with Gasteiger partial charge in [0.15, 0.2) is 9.80 Å². The van der Waals surface area contributed by atoms with E-state index in [2.05, 4.69) is 3.74 Å². The van der Waals surface area contributed by atoms with E-state index < -0.39 is 20.0 Å². The minimum Gasteiger partial charge on any atom is -0.182 e. The molecule has 1 aliphatic rings. The van der Waals surface area contributed by atoms with Crippen LogP contribution in [-0.2, 0) is 3.74 Å². The maximum atomic E-state index is 10.5. The quantitative estimate of drug-likeness (QED) is 0.534. The number of hydrogen-bond acceptors (Lipinski definition) is 6. The molecule has 0 bridgehead atoms. The molecule has 0 spiro atoms. The van der Waals surface area contributed by atoms with Gasteiger partial charge >= 0.3 is 0 Å². The third-order valence-corrected chi connectivity index (χ3v) is 8.02. The number of rotatable bonds is 2. The van der Waals surface area contributed by atoms with Crippen LogP contribution in [0.3, 0.4) is 0 Å². The molecule has 0 fully saturated rings. The fourth-order valence-corrected chi connectivity index (χ4v) is 7.32. The molecule has 0 saturated heterocycles. The van der Waals surface area contributed by atoms with Crippen molar-refractivity contribution in [1.29, 1.82) is 0 Å². The Morgan fingerprint density at radius 1 is 1.38 bits per heavy atom. The normalized spacial score (nSPS) is 22.6. The third-order valence-electron chi connectivity index (χ3n) is 1.65. The monoisotopic (exact) mass is 304 g/mol. The molecule has 0 saturated carbocycles. The molecule has 0 radical (unpaired) electrons. The van der Waals surface area contributed by atoms with Gasteiger partial charge in [-0.3, -0.25) is 0 Å². The lowest BCUT2D eigenvalue weighted by Gasteiger charge is -2.19. The van der Waals surface area contributed by atoms with Crippen LogP contribution in [0.5, 0.6) is 0 Å². The summed E-state index contributed by atoms with van der Waals surface area (Å²) in [7, 11) is -4.09. The van der Waals surface area contributed by atoms with Gasteiger partial charge in [-0.15, -0.1) is 11.8 Å². The molecule has 16 heavy (non-hydrogen) atoms. The average Bonchev–Trinajstić information content (AvgIpc) is 2.43. The van der Waals surface area contributed by atoms with E-state index in [-0.39, 0.29) is 5.41 Å². The SMILES string of the molecule is CSC1=S(O[Cl+3]([O-])([O-])[O-])SC(C(C)(C)C)=C1. The van der Waals surface area contributed by atoms with E-state index in [1.165, 1.54) is 22.6 Å². The van der Waals surface area contributed by atoms with Crippen molar-refractivity contribution in [3.63, 3.8) is 0 Å². The van der Waals surface area contributed by atoms with Gasteiger partial charge in [-0.2, -0.15) is 14.0 Å². The topological polar surface area (TPSA) is 78.4 Å². The van der Waals surface area contributed by atoms with Crippen molar-refractivity contribution in [3.8, 4) is 0 Å². The molecule has 0 aromatic heterocycles. The van der Waals surface area contributed by atoms with E-state index in [1.807, 2.05) is 33.1 Å². The second kappa shape index (κ2) is 5.19. The van der Waals surface area contributed by atoms with Crippen LogP contribution < -0.4 is 14.0 Å². The molecule has 0 N–H and O–H groups in total. The summed E-state index contributed by atoms with van der Waals surface area (Å²) in [5.41, 5.74) is -0.0692. The zero-order valence-corrected chi connectivity index (χ0v) is 12.5. The van der Waals surface area contributed by atoms with Crippen molar-refractivity contribution in [2.75, 3.05) is 6.26 Å².